The van der Waals surface area contributed by atoms with Crippen molar-refractivity contribution < 1.29 is 9.47 Å². The van der Waals surface area contributed by atoms with Gasteiger partial charge in [-0.05, 0) is 19.1 Å². The maximum Gasteiger partial charge on any atom is 0.222 e. The Morgan fingerprint density at radius 3 is 3.00 bits per heavy atom. The SMILES string of the molecule is C[C@H]1CCOc2c(cnn2C)-c2nccc(n2)Nc2cc(ccn2)O1. The summed E-state index contributed by atoms with van der Waals surface area (Å²) in [6, 6.07) is 5.46. The maximum atomic E-state index is 5.94. The first-order chi connectivity index (χ1) is 12.2. The van der Waals surface area contributed by atoms with Crippen molar-refractivity contribution in [3.8, 4) is 23.0 Å². The van der Waals surface area contributed by atoms with E-state index in [4.69, 9.17) is 9.47 Å². The van der Waals surface area contributed by atoms with E-state index in [0.29, 0.717) is 29.9 Å². The third-order valence-corrected chi connectivity index (χ3v) is 3.87. The molecular formula is C17H18N6O2. The van der Waals surface area contributed by atoms with E-state index in [2.05, 4.69) is 25.4 Å². The van der Waals surface area contributed by atoms with Crippen LogP contribution in [0.4, 0.5) is 11.6 Å². The lowest BCUT2D eigenvalue weighted by atomic mass is 10.3. The van der Waals surface area contributed by atoms with Crippen molar-refractivity contribution in [1.82, 2.24) is 24.7 Å². The molecule has 128 valence electrons. The van der Waals surface area contributed by atoms with Crippen LogP contribution < -0.4 is 14.8 Å². The molecule has 0 saturated carbocycles. The monoisotopic (exact) mass is 338 g/mol. The minimum absolute atomic E-state index is 0.00365. The molecule has 1 aliphatic rings. The van der Waals surface area contributed by atoms with Crippen LogP contribution in [0.1, 0.15) is 13.3 Å². The molecule has 0 amide bonds. The molecule has 4 rings (SSSR count). The third-order valence-electron chi connectivity index (χ3n) is 3.87. The highest BCUT2D eigenvalue weighted by Crippen LogP contribution is 2.28. The molecule has 0 spiro atoms. The molecule has 0 fully saturated rings. The van der Waals surface area contributed by atoms with Gasteiger partial charge in [0.25, 0.3) is 0 Å². The van der Waals surface area contributed by atoms with Gasteiger partial charge in [-0.1, -0.05) is 0 Å². The Labute approximate surface area is 144 Å². The number of pyridine rings is 1. The number of fused-ring (bicyclic) bond motifs is 6. The molecule has 0 radical (unpaired) electrons. The molecule has 0 saturated heterocycles. The molecule has 4 heterocycles. The molecule has 8 heteroatoms. The van der Waals surface area contributed by atoms with Gasteiger partial charge in [-0.2, -0.15) is 5.10 Å². The van der Waals surface area contributed by atoms with Crippen molar-refractivity contribution in [3.63, 3.8) is 0 Å². The summed E-state index contributed by atoms with van der Waals surface area (Å²) in [6.07, 6.45) is 5.84. The standard InChI is InChI=1S/C17H18N6O2/c1-11-5-8-24-17-13(10-20-23(17)2)16-19-7-4-14(22-16)21-15-9-12(25-11)3-6-18-15/h3-4,6-7,9-11H,5,8H2,1-2H3,(H,18,19,21,22)/t11-/m0/s1. The maximum absolute atomic E-state index is 5.94. The normalized spacial score (nSPS) is 16.6. The van der Waals surface area contributed by atoms with Gasteiger partial charge in [0.15, 0.2) is 5.82 Å². The highest BCUT2D eigenvalue weighted by Gasteiger charge is 2.17. The second-order valence-electron chi connectivity index (χ2n) is 5.82. The molecule has 0 aliphatic carbocycles. The van der Waals surface area contributed by atoms with E-state index in [9.17, 15) is 0 Å². The van der Waals surface area contributed by atoms with Gasteiger partial charge < -0.3 is 14.8 Å². The Hall–Kier alpha value is -3.16. The van der Waals surface area contributed by atoms with Crippen LogP contribution in [0.5, 0.6) is 11.6 Å². The van der Waals surface area contributed by atoms with Crippen LogP contribution in [0.3, 0.4) is 0 Å². The average Bonchev–Trinajstić information content (AvgIpc) is 2.96. The number of aromatic nitrogens is 5. The molecule has 1 aliphatic heterocycles. The summed E-state index contributed by atoms with van der Waals surface area (Å²) in [4.78, 5) is 13.2. The first-order valence-electron chi connectivity index (χ1n) is 8.07. The minimum Gasteiger partial charge on any atom is -0.490 e. The summed E-state index contributed by atoms with van der Waals surface area (Å²) in [5.41, 5.74) is 0.749. The number of nitrogens with zero attached hydrogens (tertiary/aromatic N) is 5. The Balaban J connectivity index is 1.77. The van der Waals surface area contributed by atoms with Gasteiger partial charge in [-0.15, -0.1) is 0 Å². The molecule has 3 aromatic rings. The van der Waals surface area contributed by atoms with Crippen molar-refractivity contribution in [2.45, 2.75) is 19.4 Å². The Bertz CT molecular complexity index is 894. The number of aryl methyl sites for hydroxylation is 1. The highest BCUT2D eigenvalue weighted by molar-refractivity contribution is 5.63. The molecule has 25 heavy (non-hydrogen) atoms. The Morgan fingerprint density at radius 2 is 2.08 bits per heavy atom. The van der Waals surface area contributed by atoms with Gasteiger partial charge in [0.2, 0.25) is 5.88 Å². The van der Waals surface area contributed by atoms with E-state index in [1.807, 2.05) is 26.1 Å². The molecular weight excluding hydrogens is 320 g/mol. The van der Waals surface area contributed by atoms with Gasteiger partial charge in [0.05, 0.1) is 18.9 Å². The first kappa shape index (κ1) is 15.4. The Kier molecular flexibility index (Phi) is 3.93. The van der Waals surface area contributed by atoms with Gasteiger partial charge in [-0.3, -0.25) is 0 Å². The van der Waals surface area contributed by atoms with E-state index in [-0.39, 0.29) is 6.10 Å². The van der Waals surface area contributed by atoms with Crippen LogP contribution >= 0.6 is 0 Å². The lowest BCUT2D eigenvalue weighted by Gasteiger charge is -2.17. The second kappa shape index (κ2) is 6.39. The fourth-order valence-corrected chi connectivity index (χ4v) is 2.61. The van der Waals surface area contributed by atoms with E-state index in [1.54, 1.807) is 29.3 Å². The summed E-state index contributed by atoms with van der Waals surface area (Å²) in [5, 5.41) is 7.45. The van der Waals surface area contributed by atoms with Crippen molar-refractivity contribution in [3.05, 3.63) is 36.8 Å². The van der Waals surface area contributed by atoms with E-state index >= 15 is 0 Å². The third kappa shape index (κ3) is 3.23. The fraction of sp³-hybridized carbons (Fsp3) is 0.294. The average molecular weight is 338 g/mol. The summed E-state index contributed by atoms with van der Waals surface area (Å²) < 4.78 is 13.6. The smallest absolute Gasteiger partial charge is 0.222 e. The molecule has 1 N–H and O–H groups in total. The quantitative estimate of drug-likeness (QED) is 0.674. The van der Waals surface area contributed by atoms with Gasteiger partial charge in [0.1, 0.15) is 22.9 Å². The molecule has 0 aromatic carbocycles. The summed E-state index contributed by atoms with van der Waals surface area (Å²) >= 11 is 0. The lowest BCUT2D eigenvalue weighted by Crippen LogP contribution is -2.17. The Morgan fingerprint density at radius 1 is 1.20 bits per heavy atom. The van der Waals surface area contributed by atoms with Crippen LogP contribution in [0.15, 0.2) is 36.8 Å². The van der Waals surface area contributed by atoms with E-state index < -0.39 is 0 Å². The van der Waals surface area contributed by atoms with Gasteiger partial charge in [-0.25, -0.2) is 19.6 Å². The number of rotatable bonds is 0. The highest BCUT2D eigenvalue weighted by atomic mass is 16.5. The topological polar surface area (TPSA) is 87.0 Å². The van der Waals surface area contributed by atoms with Crippen LogP contribution in [0.25, 0.3) is 11.4 Å². The van der Waals surface area contributed by atoms with Gasteiger partial charge >= 0.3 is 0 Å². The zero-order chi connectivity index (χ0) is 17.2. The number of nitrogens with one attached hydrogen (secondary N) is 1. The zero-order valence-electron chi connectivity index (χ0n) is 14.0. The summed E-state index contributed by atoms with van der Waals surface area (Å²) in [5.74, 6) is 3.23. The summed E-state index contributed by atoms with van der Waals surface area (Å²) in [7, 11) is 1.83. The largest absolute Gasteiger partial charge is 0.490 e. The van der Waals surface area contributed by atoms with Crippen molar-refractivity contribution in [1.29, 1.82) is 0 Å². The number of hydrogen-bond donors (Lipinski definition) is 1. The predicted molar refractivity (Wildman–Crippen MR) is 92.0 cm³/mol. The number of anilines is 2. The first-order valence-corrected chi connectivity index (χ1v) is 8.07. The van der Waals surface area contributed by atoms with Crippen LogP contribution in [-0.2, 0) is 7.05 Å². The number of ether oxygens (including phenoxy) is 2. The molecule has 3 aromatic heterocycles. The van der Waals surface area contributed by atoms with Gasteiger partial charge in [0, 0.05) is 31.9 Å². The van der Waals surface area contributed by atoms with Crippen molar-refractivity contribution >= 4 is 11.6 Å². The second-order valence-corrected chi connectivity index (χ2v) is 5.82. The predicted octanol–water partition coefficient (Wildman–Crippen LogP) is 2.57. The molecule has 1 atom stereocenters. The zero-order valence-corrected chi connectivity index (χ0v) is 14.0. The van der Waals surface area contributed by atoms with E-state index in [1.165, 1.54) is 0 Å². The molecule has 0 unspecified atom stereocenters. The van der Waals surface area contributed by atoms with Crippen molar-refractivity contribution in [2.75, 3.05) is 11.9 Å². The van der Waals surface area contributed by atoms with Crippen LogP contribution in [-0.4, -0.2) is 37.4 Å². The fourth-order valence-electron chi connectivity index (χ4n) is 2.61. The number of hydrogen-bond acceptors (Lipinski definition) is 7. The summed E-state index contributed by atoms with van der Waals surface area (Å²) in [6.45, 7) is 2.52. The lowest BCUT2D eigenvalue weighted by molar-refractivity contribution is 0.172. The van der Waals surface area contributed by atoms with Crippen LogP contribution in [0.2, 0.25) is 0 Å². The minimum atomic E-state index is 0.00365. The molecule has 8 nitrogen and oxygen atoms in total. The molecule has 4 bridgehead atoms. The van der Waals surface area contributed by atoms with Crippen LogP contribution in [0, 0.1) is 0 Å². The van der Waals surface area contributed by atoms with E-state index in [0.717, 1.165) is 17.7 Å². The van der Waals surface area contributed by atoms with Crippen molar-refractivity contribution in [2.24, 2.45) is 7.05 Å².